The van der Waals surface area contributed by atoms with Crippen molar-refractivity contribution in [2.24, 2.45) is 4.99 Å². The van der Waals surface area contributed by atoms with Crippen molar-refractivity contribution >= 4 is 17.6 Å². The second kappa shape index (κ2) is 10.7. The molecule has 0 saturated carbocycles. The number of amides is 1. The fourth-order valence-corrected chi connectivity index (χ4v) is 3.65. The van der Waals surface area contributed by atoms with Crippen LogP contribution in [0, 0.1) is 19.7 Å². The van der Waals surface area contributed by atoms with E-state index in [0.29, 0.717) is 24.5 Å². The number of hydrogen-bond acceptors (Lipinski definition) is 3. The number of aromatic nitrogens is 2. The third-order valence-electron chi connectivity index (χ3n) is 5.45. The molecule has 3 aromatic rings. The van der Waals surface area contributed by atoms with Gasteiger partial charge in [-0.25, -0.2) is 4.39 Å². The molecule has 0 aliphatic carbocycles. The standard InChI is InChI=1S/C25H30FN5O/c1-5-19-9-7-8-10-23(19)28-25(29-24(32)20-11-13-21(26)14-12-20)27-16-15-22-17(3)30-31(6-2)18(22)4/h7-14H,5-6,15-16H2,1-4H3,(H2,27,28,29,32). The van der Waals surface area contributed by atoms with E-state index in [1.807, 2.05) is 35.9 Å². The van der Waals surface area contributed by atoms with Gasteiger partial charge in [0, 0.05) is 30.0 Å². The molecule has 1 aromatic heterocycles. The Kier molecular flexibility index (Phi) is 7.76. The molecule has 0 fully saturated rings. The molecular formula is C25H30FN5O. The minimum Gasteiger partial charge on any atom is -0.326 e. The minimum atomic E-state index is -0.385. The van der Waals surface area contributed by atoms with Gasteiger partial charge in [0.1, 0.15) is 5.82 Å². The van der Waals surface area contributed by atoms with Crippen LogP contribution in [0.25, 0.3) is 0 Å². The normalized spacial score (nSPS) is 11.5. The summed E-state index contributed by atoms with van der Waals surface area (Å²) < 4.78 is 15.2. The highest BCUT2D eigenvalue weighted by Gasteiger charge is 2.13. The Hall–Kier alpha value is -3.48. The number of carbonyl (C=O) groups is 1. The highest BCUT2D eigenvalue weighted by molar-refractivity contribution is 6.10. The van der Waals surface area contributed by atoms with Crippen LogP contribution < -0.4 is 10.6 Å². The zero-order valence-corrected chi connectivity index (χ0v) is 19.1. The van der Waals surface area contributed by atoms with Crippen LogP contribution in [0.5, 0.6) is 0 Å². The summed E-state index contributed by atoms with van der Waals surface area (Å²) in [5, 5.41) is 10.7. The molecule has 2 aromatic carbocycles. The molecule has 1 amide bonds. The van der Waals surface area contributed by atoms with Crippen molar-refractivity contribution in [1.29, 1.82) is 0 Å². The number of aryl methyl sites for hydroxylation is 3. The molecule has 1 heterocycles. The Morgan fingerprint density at radius 2 is 1.81 bits per heavy atom. The molecular weight excluding hydrogens is 405 g/mol. The number of guanidine groups is 1. The Balaban J connectivity index is 1.81. The maximum atomic E-state index is 13.2. The monoisotopic (exact) mass is 435 g/mol. The van der Waals surface area contributed by atoms with Crippen LogP contribution in [0.15, 0.2) is 53.5 Å². The van der Waals surface area contributed by atoms with Gasteiger partial charge >= 0.3 is 0 Å². The van der Waals surface area contributed by atoms with Gasteiger partial charge in [0.15, 0.2) is 0 Å². The summed E-state index contributed by atoms with van der Waals surface area (Å²) in [5.41, 5.74) is 5.68. The van der Waals surface area contributed by atoms with Crippen LogP contribution in [0.4, 0.5) is 10.1 Å². The van der Waals surface area contributed by atoms with Gasteiger partial charge < -0.3 is 5.32 Å². The van der Waals surface area contributed by atoms with Gasteiger partial charge in [0.2, 0.25) is 5.96 Å². The second-order valence-electron chi connectivity index (χ2n) is 7.54. The lowest BCUT2D eigenvalue weighted by molar-refractivity contribution is 0.0977. The Labute approximate surface area is 188 Å². The van der Waals surface area contributed by atoms with E-state index in [4.69, 9.17) is 0 Å². The van der Waals surface area contributed by atoms with E-state index in [1.165, 1.54) is 29.8 Å². The molecule has 3 rings (SSSR count). The zero-order chi connectivity index (χ0) is 23.1. The molecule has 7 heteroatoms. The van der Waals surface area contributed by atoms with Crippen molar-refractivity contribution in [3.8, 4) is 0 Å². The average molecular weight is 436 g/mol. The molecule has 6 nitrogen and oxygen atoms in total. The molecule has 0 aliphatic rings. The van der Waals surface area contributed by atoms with Crippen LogP contribution in [-0.2, 0) is 19.4 Å². The number of carbonyl (C=O) groups excluding carboxylic acids is 1. The summed E-state index contributed by atoms with van der Waals surface area (Å²) in [7, 11) is 0. The first kappa shape index (κ1) is 23.2. The smallest absolute Gasteiger partial charge is 0.257 e. The first-order valence-corrected chi connectivity index (χ1v) is 10.9. The summed E-state index contributed by atoms with van der Waals surface area (Å²) in [4.78, 5) is 17.4. The van der Waals surface area contributed by atoms with Crippen molar-refractivity contribution in [1.82, 2.24) is 15.1 Å². The molecule has 168 valence electrons. The minimum absolute atomic E-state index is 0.351. The van der Waals surface area contributed by atoms with Crippen molar-refractivity contribution in [2.45, 2.75) is 47.1 Å². The fraction of sp³-hybridized carbons (Fsp3) is 0.320. The van der Waals surface area contributed by atoms with E-state index in [-0.39, 0.29) is 11.7 Å². The van der Waals surface area contributed by atoms with E-state index >= 15 is 0 Å². The van der Waals surface area contributed by atoms with E-state index in [9.17, 15) is 9.18 Å². The highest BCUT2D eigenvalue weighted by atomic mass is 19.1. The van der Waals surface area contributed by atoms with Gasteiger partial charge in [-0.1, -0.05) is 25.1 Å². The largest absolute Gasteiger partial charge is 0.326 e. The maximum absolute atomic E-state index is 13.2. The van der Waals surface area contributed by atoms with Crippen LogP contribution in [0.1, 0.15) is 46.7 Å². The number of benzene rings is 2. The predicted molar refractivity (Wildman–Crippen MR) is 127 cm³/mol. The first-order valence-electron chi connectivity index (χ1n) is 10.9. The number of hydrogen-bond donors (Lipinski definition) is 2. The molecule has 0 radical (unpaired) electrons. The summed E-state index contributed by atoms with van der Waals surface area (Å²) >= 11 is 0. The van der Waals surface area contributed by atoms with Gasteiger partial charge in [-0.15, -0.1) is 0 Å². The molecule has 0 aliphatic heterocycles. The van der Waals surface area contributed by atoms with Crippen molar-refractivity contribution in [3.63, 3.8) is 0 Å². The molecule has 32 heavy (non-hydrogen) atoms. The number of nitrogens with zero attached hydrogens (tertiary/aromatic N) is 3. The Bertz CT molecular complexity index is 1100. The SMILES string of the molecule is CCc1ccccc1NC(=NCCc1c(C)nn(CC)c1C)NC(=O)c1ccc(F)cc1. The Morgan fingerprint density at radius 1 is 1.09 bits per heavy atom. The highest BCUT2D eigenvalue weighted by Crippen LogP contribution is 2.16. The van der Waals surface area contributed by atoms with Gasteiger partial charge in [-0.2, -0.15) is 5.10 Å². The zero-order valence-electron chi connectivity index (χ0n) is 19.1. The topological polar surface area (TPSA) is 71.3 Å². The molecule has 0 atom stereocenters. The Morgan fingerprint density at radius 3 is 2.47 bits per heavy atom. The van der Waals surface area contributed by atoms with Crippen LogP contribution in [0.2, 0.25) is 0 Å². The van der Waals surface area contributed by atoms with E-state index in [0.717, 1.165) is 35.6 Å². The van der Waals surface area contributed by atoms with Crippen LogP contribution in [0.3, 0.4) is 0 Å². The van der Waals surface area contributed by atoms with Gasteiger partial charge in [0.05, 0.1) is 5.69 Å². The molecule has 2 N–H and O–H groups in total. The molecule has 0 unspecified atom stereocenters. The number of para-hydroxylation sites is 1. The number of rotatable bonds is 7. The predicted octanol–water partition coefficient (Wildman–Crippen LogP) is 4.66. The summed E-state index contributed by atoms with van der Waals surface area (Å²) in [6.07, 6.45) is 1.56. The van der Waals surface area contributed by atoms with E-state index < -0.39 is 0 Å². The van der Waals surface area contributed by atoms with Gasteiger partial charge in [0.25, 0.3) is 5.91 Å². The number of halogens is 1. The second-order valence-corrected chi connectivity index (χ2v) is 7.54. The number of aliphatic imine (C=N–C) groups is 1. The molecule has 0 saturated heterocycles. The van der Waals surface area contributed by atoms with Crippen molar-refractivity contribution < 1.29 is 9.18 Å². The number of nitrogens with one attached hydrogen (secondary N) is 2. The van der Waals surface area contributed by atoms with Gasteiger partial charge in [-0.3, -0.25) is 19.8 Å². The summed E-state index contributed by atoms with van der Waals surface area (Å²) in [6.45, 7) is 9.52. The summed E-state index contributed by atoms with van der Waals surface area (Å²) in [5.74, 6) is -0.376. The number of anilines is 1. The maximum Gasteiger partial charge on any atom is 0.257 e. The summed E-state index contributed by atoms with van der Waals surface area (Å²) in [6, 6.07) is 13.3. The van der Waals surface area contributed by atoms with Gasteiger partial charge in [-0.05, 0) is 75.1 Å². The van der Waals surface area contributed by atoms with Crippen LogP contribution in [-0.4, -0.2) is 28.2 Å². The van der Waals surface area contributed by atoms with Crippen molar-refractivity contribution in [3.05, 3.63) is 82.4 Å². The fourth-order valence-electron chi connectivity index (χ4n) is 3.65. The third-order valence-corrected chi connectivity index (χ3v) is 5.45. The van der Waals surface area contributed by atoms with E-state index in [2.05, 4.69) is 41.5 Å². The third kappa shape index (κ3) is 5.60. The molecule has 0 spiro atoms. The van der Waals surface area contributed by atoms with E-state index in [1.54, 1.807) is 0 Å². The average Bonchev–Trinajstić information content (AvgIpc) is 3.07. The quantitative estimate of drug-likeness (QED) is 0.419. The van der Waals surface area contributed by atoms with Crippen LogP contribution >= 0.6 is 0 Å². The lowest BCUT2D eigenvalue weighted by atomic mass is 10.1. The lowest BCUT2D eigenvalue weighted by Crippen LogP contribution is -2.36. The first-order chi connectivity index (χ1) is 15.4. The lowest BCUT2D eigenvalue weighted by Gasteiger charge is -2.14. The molecule has 0 bridgehead atoms. The van der Waals surface area contributed by atoms with Crippen molar-refractivity contribution in [2.75, 3.05) is 11.9 Å².